The number of aryl methyl sites for hydroxylation is 2. The van der Waals surface area contributed by atoms with E-state index in [0.717, 1.165) is 0 Å². The Balaban J connectivity index is 1.77. The minimum atomic E-state index is -3.19. The molecule has 9 heteroatoms. The lowest BCUT2D eigenvalue weighted by atomic mass is 10.1. The average Bonchev–Trinajstić information content (AvgIpc) is 3.22. The highest BCUT2D eigenvalue weighted by molar-refractivity contribution is 7.91. The summed E-state index contributed by atoms with van der Waals surface area (Å²) in [5, 5.41) is 3.81. The molecule has 1 aliphatic rings. The summed E-state index contributed by atoms with van der Waals surface area (Å²) in [7, 11) is -3.19. The number of rotatable bonds is 6. The molecule has 2 heterocycles. The summed E-state index contributed by atoms with van der Waals surface area (Å²) in [6.07, 6.45) is 0.841. The first-order chi connectivity index (χ1) is 13.3. The van der Waals surface area contributed by atoms with Crippen LogP contribution in [0.25, 0.3) is 0 Å². The first kappa shape index (κ1) is 20.1. The zero-order chi connectivity index (χ0) is 20.3. The number of ether oxygens (including phenoxy) is 1. The number of carbonyl (C=O) groups excluding carboxylic acids is 2. The number of benzene rings is 1. The summed E-state index contributed by atoms with van der Waals surface area (Å²) in [6, 6.07) is 8.30. The van der Waals surface area contributed by atoms with Gasteiger partial charge in [-0.25, -0.2) is 13.2 Å². The predicted octanol–water partition coefficient (Wildman–Crippen LogP) is 1.92. The van der Waals surface area contributed by atoms with Crippen LogP contribution in [-0.4, -0.2) is 49.6 Å². The maximum absolute atomic E-state index is 12.9. The zero-order valence-electron chi connectivity index (χ0n) is 15.8. The minimum absolute atomic E-state index is 0.0355. The Kier molecular flexibility index (Phi) is 5.83. The van der Waals surface area contributed by atoms with Gasteiger partial charge >= 0.3 is 5.97 Å². The van der Waals surface area contributed by atoms with E-state index in [1.165, 1.54) is 4.90 Å². The number of nitrogens with zero attached hydrogens (tertiary/aromatic N) is 2. The van der Waals surface area contributed by atoms with Crippen molar-refractivity contribution in [1.29, 1.82) is 0 Å². The Hall–Kier alpha value is -2.68. The number of carbonyl (C=O) groups is 2. The second-order valence-corrected chi connectivity index (χ2v) is 8.88. The van der Waals surface area contributed by atoms with E-state index in [9.17, 15) is 18.0 Å². The van der Waals surface area contributed by atoms with Crippen LogP contribution in [0.4, 0.5) is 5.69 Å². The van der Waals surface area contributed by atoms with Gasteiger partial charge in [0.2, 0.25) is 0 Å². The summed E-state index contributed by atoms with van der Waals surface area (Å²) >= 11 is 0. The van der Waals surface area contributed by atoms with Crippen molar-refractivity contribution in [3.05, 3.63) is 47.3 Å². The molecule has 0 saturated carbocycles. The predicted molar refractivity (Wildman–Crippen MR) is 102 cm³/mol. The minimum Gasteiger partial charge on any atom is -0.452 e. The number of sulfone groups is 1. The van der Waals surface area contributed by atoms with Crippen molar-refractivity contribution in [2.45, 2.75) is 32.7 Å². The molecule has 0 radical (unpaired) electrons. The van der Waals surface area contributed by atoms with Crippen molar-refractivity contribution in [2.24, 2.45) is 0 Å². The van der Waals surface area contributed by atoms with Crippen molar-refractivity contribution < 1.29 is 27.3 Å². The van der Waals surface area contributed by atoms with E-state index in [0.29, 0.717) is 30.0 Å². The van der Waals surface area contributed by atoms with Gasteiger partial charge < -0.3 is 14.2 Å². The lowest BCUT2D eigenvalue weighted by Gasteiger charge is -2.28. The molecule has 1 aromatic heterocycles. The molecular formula is C19H22N2O6S. The highest BCUT2D eigenvalue weighted by atomic mass is 32.2. The molecule has 0 aliphatic carbocycles. The Bertz CT molecular complexity index is 968. The Labute approximate surface area is 163 Å². The second kappa shape index (κ2) is 8.14. The molecule has 0 spiro atoms. The first-order valence-electron chi connectivity index (χ1n) is 9.02. The third-order valence-corrected chi connectivity index (χ3v) is 6.43. The van der Waals surface area contributed by atoms with E-state index in [2.05, 4.69) is 5.16 Å². The Morgan fingerprint density at radius 3 is 2.61 bits per heavy atom. The summed E-state index contributed by atoms with van der Waals surface area (Å²) in [5.74, 6) is -0.902. The van der Waals surface area contributed by atoms with Crippen LogP contribution in [0.2, 0.25) is 0 Å². The van der Waals surface area contributed by atoms with E-state index >= 15 is 0 Å². The molecular weight excluding hydrogens is 384 g/mol. The lowest BCUT2D eigenvalue weighted by Crippen LogP contribution is -2.43. The molecule has 1 unspecified atom stereocenters. The van der Waals surface area contributed by atoms with Gasteiger partial charge in [0.1, 0.15) is 11.3 Å². The van der Waals surface area contributed by atoms with Crippen LogP contribution < -0.4 is 4.90 Å². The lowest BCUT2D eigenvalue weighted by molar-refractivity contribution is -0.122. The quantitative estimate of drug-likeness (QED) is 0.675. The molecule has 150 valence electrons. The fourth-order valence-corrected chi connectivity index (χ4v) is 5.02. The van der Waals surface area contributed by atoms with Gasteiger partial charge in [0, 0.05) is 5.69 Å². The molecule has 1 atom stereocenters. The van der Waals surface area contributed by atoms with E-state index in [4.69, 9.17) is 9.26 Å². The Morgan fingerprint density at radius 1 is 1.29 bits per heavy atom. The van der Waals surface area contributed by atoms with Gasteiger partial charge in [-0.05, 0) is 31.9 Å². The van der Waals surface area contributed by atoms with Gasteiger partial charge in [0.15, 0.2) is 16.4 Å². The molecule has 1 amide bonds. The van der Waals surface area contributed by atoms with Crippen LogP contribution in [0.1, 0.15) is 35.2 Å². The third kappa shape index (κ3) is 4.24. The molecule has 2 aromatic rings. The molecule has 1 aromatic carbocycles. The largest absolute Gasteiger partial charge is 0.452 e. The standard InChI is InChI=1S/C19H22N2O6S/c1-3-16-18(13(2)27-20-16)19(23)26-11-17(22)21(14-7-5-4-6-8-14)15-9-10-28(24,25)12-15/h4-8,15H,3,9-12H2,1-2H3. The highest BCUT2D eigenvalue weighted by Gasteiger charge is 2.36. The maximum Gasteiger partial charge on any atom is 0.344 e. The van der Waals surface area contributed by atoms with Crippen LogP contribution in [0.5, 0.6) is 0 Å². The normalized spacial score (nSPS) is 18.0. The van der Waals surface area contributed by atoms with Gasteiger partial charge in [-0.1, -0.05) is 30.3 Å². The van der Waals surface area contributed by atoms with Crippen LogP contribution in [0, 0.1) is 6.92 Å². The van der Waals surface area contributed by atoms with Crippen LogP contribution in [0.3, 0.4) is 0 Å². The number of amides is 1. The van der Waals surface area contributed by atoms with Gasteiger partial charge in [0.05, 0.1) is 23.2 Å². The fourth-order valence-electron chi connectivity index (χ4n) is 3.32. The Morgan fingerprint density at radius 2 is 2.00 bits per heavy atom. The SMILES string of the molecule is CCc1noc(C)c1C(=O)OCC(=O)N(c1ccccc1)C1CCS(=O)(=O)C1. The topological polar surface area (TPSA) is 107 Å². The fraction of sp³-hybridized carbons (Fsp3) is 0.421. The summed E-state index contributed by atoms with van der Waals surface area (Å²) < 4.78 is 34.0. The second-order valence-electron chi connectivity index (χ2n) is 6.65. The van der Waals surface area contributed by atoms with Crippen LogP contribution in [-0.2, 0) is 25.8 Å². The molecule has 1 fully saturated rings. The number of aromatic nitrogens is 1. The van der Waals surface area contributed by atoms with Crippen molar-refractivity contribution in [2.75, 3.05) is 23.0 Å². The molecule has 3 rings (SSSR count). The number of anilines is 1. The van der Waals surface area contributed by atoms with Crippen molar-refractivity contribution in [1.82, 2.24) is 5.16 Å². The van der Waals surface area contributed by atoms with E-state index < -0.39 is 34.4 Å². The van der Waals surface area contributed by atoms with Crippen molar-refractivity contribution in [3.8, 4) is 0 Å². The molecule has 8 nitrogen and oxygen atoms in total. The van der Waals surface area contributed by atoms with Crippen LogP contribution >= 0.6 is 0 Å². The molecule has 28 heavy (non-hydrogen) atoms. The number of hydrogen-bond donors (Lipinski definition) is 0. The molecule has 1 aliphatic heterocycles. The van der Waals surface area contributed by atoms with Gasteiger partial charge in [-0.2, -0.15) is 0 Å². The van der Waals surface area contributed by atoms with Gasteiger partial charge in [0.25, 0.3) is 5.91 Å². The monoisotopic (exact) mass is 406 g/mol. The summed E-state index contributed by atoms with van der Waals surface area (Å²) in [5.41, 5.74) is 1.27. The van der Waals surface area contributed by atoms with Crippen LogP contribution in [0.15, 0.2) is 34.9 Å². The first-order valence-corrected chi connectivity index (χ1v) is 10.8. The van der Waals surface area contributed by atoms with Crippen molar-refractivity contribution in [3.63, 3.8) is 0 Å². The number of para-hydroxylation sites is 1. The maximum atomic E-state index is 12.9. The van der Waals surface area contributed by atoms with Crippen molar-refractivity contribution >= 4 is 27.4 Å². The molecule has 0 bridgehead atoms. The smallest absolute Gasteiger partial charge is 0.344 e. The van der Waals surface area contributed by atoms with Gasteiger partial charge in [-0.3, -0.25) is 4.79 Å². The summed E-state index contributed by atoms with van der Waals surface area (Å²) in [4.78, 5) is 26.7. The molecule has 1 saturated heterocycles. The highest BCUT2D eigenvalue weighted by Crippen LogP contribution is 2.25. The van der Waals surface area contributed by atoms with Gasteiger partial charge in [-0.15, -0.1) is 0 Å². The molecule has 0 N–H and O–H groups in total. The van der Waals surface area contributed by atoms with E-state index in [-0.39, 0.29) is 17.1 Å². The van der Waals surface area contributed by atoms with E-state index in [1.807, 2.05) is 6.92 Å². The number of esters is 1. The zero-order valence-corrected chi connectivity index (χ0v) is 16.6. The summed E-state index contributed by atoms with van der Waals surface area (Å²) in [6.45, 7) is 2.93. The third-order valence-electron chi connectivity index (χ3n) is 4.68. The van der Waals surface area contributed by atoms with E-state index in [1.54, 1.807) is 37.3 Å². The average molecular weight is 406 g/mol. The number of hydrogen-bond acceptors (Lipinski definition) is 7.